The summed E-state index contributed by atoms with van der Waals surface area (Å²) in [7, 11) is 2.01. The van der Waals surface area contributed by atoms with Crippen LogP contribution in [0.3, 0.4) is 0 Å². The van der Waals surface area contributed by atoms with E-state index in [0.717, 1.165) is 31.9 Å². The van der Waals surface area contributed by atoms with E-state index in [1.807, 2.05) is 35.2 Å². The fraction of sp³-hybridized carbons (Fsp3) is 0.750. The molecule has 0 spiro atoms. The monoisotopic (exact) mass is 338 g/mol. The number of hydrogen-bond donors (Lipinski definition) is 1. The molecule has 0 radical (unpaired) electrons. The predicted molar refractivity (Wildman–Crippen MR) is 91.1 cm³/mol. The molecule has 2 aliphatic rings. The van der Waals surface area contributed by atoms with Gasteiger partial charge in [-0.25, -0.2) is 4.98 Å². The minimum Gasteiger partial charge on any atom is -0.389 e. The quantitative estimate of drug-likeness (QED) is 0.870. The van der Waals surface area contributed by atoms with Crippen LogP contribution in [0.25, 0.3) is 0 Å². The molecule has 128 valence electrons. The van der Waals surface area contributed by atoms with Crippen molar-refractivity contribution >= 4 is 17.7 Å². The molecule has 0 bridgehead atoms. The minimum atomic E-state index is -0.603. The smallest absolute Gasteiger partial charge is 0.232 e. The van der Waals surface area contributed by atoms with Crippen molar-refractivity contribution in [2.24, 2.45) is 13.0 Å². The maximum absolute atomic E-state index is 12.2. The first-order valence-corrected chi connectivity index (χ1v) is 9.59. The molecule has 0 aromatic carbocycles. The van der Waals surface area contributed by atoms with E-state index in [1.165, 1.54) is 0 Å². The molecule has 1 N–H and O–H groups in total. The van der Waals surface area contributed by atoms with Gasteiger partial charge in [0.1, 0.15) is 5.82 Å². The van der Waals surface area contributed by atoms with Gasteiger partial charge in [-0.15, -0.1) is 0 Å². The molecule has 1 amide bonds. The van der Waals surface area contributed by atoms with Crippen molar-refractivity contribution in [2.75, 3.05) is 38.2 Å². The first kappa shape index (κ1) is 16.8. The van der Waals surface area contributed by atoms with Crippen LogP contribution in [-0.4, -0.2) is 74.2 Å². The zero-order valence-corrected chi connectivity index (χ0v) is 14.8. The second-order valence-corrected chi connectivity index (χ2v) is 7.63. The molecule has 1 aromatic rings. The van der Waals surface area contributed by atoms with Crippen molar-refractivity contribution in [3.05, 3.63) is 18.2 Å². The van der Waals surface area contributed by atoms with Crippen LogP contribution in [0.15, 0.2) is 12.4 Å². The third-order valence-corrected chi connectivity index (χ3v) is 5.80. The van der Waals surface area contributed by atoms with E-state index in [0.29, 0.717) is 25.3 Å². The van der Waals surface area contributed by atoms with Crippen LogP contribution in [0.5, 0.6) is 0 Å². The Kier molecular flexibility index (Phi) is 4.98. The summed E-state index contributed by atoms with van der Waals surface area (Å²) in [6.07, 6.45) is 7.21. The lowest BCUT2D eigenvalue weighted by atomic mass is 9.75. The number of aryl methyl sites for hydroxylation is 1. The number of rotatable bonds is 4. The molecular weight excluding hydrogens is 312 g/mol. The van der Waals surface area contributed by atoms with Crippen molar-refractivity contribution in [1.29, 1.82) is 0 Å². The number of thioether (sulfide) groups is 1. The lowest BCUT2D eigenvalue weighted by Gasteiger charge is -2.50. The van der Waals surface area contributed by atoms with Crippen molar-refractivity contribution in [2.45, 2.75) is 25.0 Å². The summed E-state index contributed by atoms with van der Waals surface area (Å²) in [6, 6.07) is 0. The van der Waals surface area contributed by atoms with Gasteiger partial charge in [-0.2, -0.15) is 11.8 Å². The number of nitrogens with zero attached hydrogens (tertiary/aromatic N) is 4. The van der Waals surface area contributed by atoms with Gasteiger partial charge in [0.25, 0.3) is 0 Å². The molecule has 7 heteroatoms. The maximum atomic E-state index is 12.2. The molecule has 3 rings (SSSR count). The summed E-state index contributed by atoms with van der Waals surface area (Å²) in [5.74, 6) is 1.90. The van der Waals surface area contributed by atoms with Crippen LogP contribution < -0.4 is 0 Å². The van der Waals surface area contributed by atoms with E-state index in [-0.39, 0.29) is 11.8 Å². The lowest BCUT2D eigenvalue weighted by molar-refractivity contribution is -0.144. The molecule has 23 heavy (non-hydrogen) atoms. The molecule has 0 aliphatic carbocycles. The molecule has 2 saturated heterocycles. The van der Waals surface area contributed by atoms with E-state index in [1.54, 1.807) is 11.8 Å². The first-order chi connectivity index (χ1) is 11.0. The number of amides is 1. The van der Waals surface area contributed by atoms with Crippen LogP contribution in [-0.2, 0) is 18.4 Å². The molecule has 6 nitrogen and oxygen atoms in total. The number of carbonyl (C=O) groups excluding carboxylic acids is 1. The van der Waals surface area contributed by atoms with Crippen molar-refractivity contribution in [1.82, 2.24) is 19.4 Å². The van der Waals surface area contributed by atoms with Gasteiger partial charge in [0, 0.05) is 51.5 Å². The molecular formula is C16H26N4O2S. The lowest BCUT2D eigenvalue weighted by Crippen LogP contribution is -2.60. The van der Waals surface area contributed by atoms with E-state index < -0.39 is 5.60 Å². The summed E-state index contributed by atoms with van der Waals surface area (Å²) in [4.78, 5) is 20.8. The van der Waals surface area contributed by atoms with Gasteiger partial charge in [-0.1, -0.05) is 0 Å². The fourth-order valence-corrected chi connectivity index (χ4v) is 4.13. The summed E-state index contributed by atoms with van der Waals surface area (Å²) < 4.78 is 2.04. The normalized spacial score (nSPS) is 28.7. The zero-order valence-electron chi connectivity index (χ0n) is 13.9. The third-order valence-electron chi connectivity index (χ3n) is 5.26. The van der Waals surface area contributed by atoms with E-state index in [9.17, 15) is 9.90 Å². The van der Waals surface area contributed by atoms with Gasteiger partial charge in [0.15, 0.2) is 0 Å². The topological polar surface area (TPSA) is 61.6 Å². The van der Waals surface area contributed by atoms with Crippen molar-refractivity contribution in [3.63, 3.8) is 0 Å². The van der Waals surface area contributed by atoms with Crippen LogP contribution in [0.2, 0.25) is 0 Å². The van der Waals surface area contributed by atoms with Crippen LogP contribution in [0, 0.1) is 5.92 Å². The molecule has 3 heterocycles. The van der Waals surface area contributed by atoms with Crippen molar-refractivity contribution in [3.8, 4) is 0 Å². The van der Waals surface area contributed by atoms with E-state index in [2.05, 4.69) is 9.88 Å². The Hall–Kier alpha value is -1.05. The zero-order chi connectivity index (χ0) is 16.4. The minimum absolute atomic E-state index is 0.135. The Bertz CT molecular complexity index is 564. The maximum Gasteiger partial charge on any atom is 0.232 e. The highest BCUT2D eigenvalue weighted by Gasteiger charge is 2.45. The summed E-state index contributed by atoms with van der Waals surface area (Å²) in [5.41, 5.74) is -0.603. The summed E-state index contributed by atoms with van der Waals surface area (Å²) >= 11 is 1.56. The Morgan fingerprint density at radius 3 is 2.91 bits per heavy atom. The number of aromatic nitrogens is 2. The number of fused-ring (bicyclic) bond motifs is 1. The number of piperidine rings is 2. The number of carbonyl (C=O) groups is 1. The Morgan fingerprint density at radius 2 is 2.22 bits per heavy atom. The Balaban J connectivity index is 1.64. The molecule has 0 saturated carbocycles. The fourth-order valence-electron chi connectivity index (χ4n) is 3.71. The van der Waals surface area contributed by atoms with Gasteiger partial charge in [-0.05, 0) is 19.1 Å². The number of imidazole rings is 1. The average molecular weight is 338 g/mol. The van der Waals surface area contributed by atoms with Crippen LogP contribution in [0.4, 0.5) is 0 Å². The van der Waals surface area contributed by atoms with Crippen LogP contribution in [0.1, 0.15) is 18.7 Å². The molecule has 2 fully saturated rings. The van der Waals surface area contributed by atoms with Gasteiger partial charge in [-0.3, -0.25) is 9.69 Å². The first-order valence-electron chi connectivity index (χ1n) is 8.19. The highest BCUT2D eigenvalue weighted by Crippen LogP contribution is 2.35. The summed E-state index contributed by atoms with van der Waals surface area (Å²) in [6.45, 7) is 3.87. The van der Waals surface area contributed by atoms with Crippen molar-refractivity contribution < 1.29 is 9.90 Å². The third kappa shape index (κ3) is 3.56. The highest BCUT2D eigenvalue weighted by molar-refractivity contribution is 7.99. The largest absolute Gasteiger partial charge is 0.389 e. The number of hydrogen-bond acceptors (Lipinski definition) is 5. The Labute approximate surface area is 141 Å². The molecule has 1 aromatic heterocycles. The van der Waals surface area contributed by atoms with Gasteiger partial charge in [0.2, 0.25) is 5.91 Å². The molecule has 2 aliphatic heterocycles. The number of likely N-dealkylation sites (tertiary alicyclic amines) is 2. The van der Waals surface area contributed by atoms with Crippen LogP contribution >= 0.6 is 11.8 Å². The Morgan fingerprint density at radius 1 is 1.43 bits per heavy atom. The second-order valence-electron chi connectivity index (χ2n) is 6.76. The molecule has 2 atom stereocenters. The van der Waals surface area contributed by atoms with E-state index in [4.69, 9.17) is 0 Å². The SMILES string of the molecule is CSCC(=O)N1CC[C@@]2(O)CCN(Cc3nccn3C)C[C@H]2C1. The predicted octanol–water partition coefficient (Wildman–Crippen LogP) is 0.568. The van der Waals surface area contributed by atoms with Gasteiger partial charge < -0.3 is 14.6 Å². The summed E-state index contributed by atoms with van der Waals surface area (Å²) in [5, 5.41) is 10.9. The number of aliphatic hydroxyl groups is 1. The highest BCUT2D eigenvalue weighted by atomic mass is 32.2. The standard InChI is InChI=1S/C16H26N4O2S/c1-18-8-5-17-14(18)11-19-6-3-16(22)4-7-20(10-13(16)9-19)15(21)12-23-2/h5,8,13,22H,3-4,6-7,9-12H2,1-2H3/t13-,16-/m0/s1. The average Bonchev–Trinajstić information content (AvgIpc) is 2.92. The second kappa shape index (κ2) is 6.83. The molecule has 0 unspecified atom stereocenters. The van der Waals surface area contributed by atoms with Gasteiger partial charge >= 0.3 is 0 Å². The van der Waals surface area contributed by atoms with E-state index >= 15 is 0 Å². The van der Waals surface area contributed by atoms with Gasteiger partial charge in [0.05, 0.1) is 17.9 Å².